The molecule has 0 bridgehead atoms. The van der Waals surface area contributed by atoms with Gasteiger partial charge in [-0.05, 0) is 43.2 Å². The molecule has 0 aromatic heterocycles. The maximum atomic E-state index is 12.8. The lowest BCUT2D eigenvalue weighted by atomic mass is 10.0. The Morgan fingerprint density at radius 2 is 1.68 bits per heavy atom. The Labute approximate surface area is 143 Å². The molecule has 2 aromatic rings. The molecule has 0 atom stereocenters. The van der Waals surface area contributed by atoms with Gasteiger partial charge >= 0.3 is 6.18 Å². The van der Waals surface area contributed by atoms with Gasteiger partial charge in [-0.1, -0.05) is 30.7 Å². The van der Waals surface area contributed by atoms with Crippen LogP contribution in [0.5, 0.6) is 0 Å². The molecule has 134 valence electrons. The quantitative estimate of drug-likeness (QED) is 0.805. The summed E-state index contributed by atoms with van der Waals surface area (Å²) in [4.78, 5) is 11.6. The summed E-state index contributed by atoms with van der Waals surface area (Å²) in [7, 11) is -4.12. The van der Waals surface area contributed by atoms with E-state index in [1.54, 1.807) is 26.0 Å². The van der Waals surface area contributed by atoms with E-state index in [1.165, 1.54) is 24.3 Å². The highest BCUT2D eigenvalue weighted by atomic mass is 32.2. The summed E-state index contributed by atoms with van der Waals surface area (Å²) in [5.41, 5.74) is 0.202. The number of rotatable bonds is 5. The van der Waals surface area contributed by atoms with Crippen LogP contribution in [-0.2, 0) is 16.4 Å². The smallest absolute Gasteiger partial charge is 0.284 e. The molecular formula is C17H16F3NO3S. The number of hydrogen-bond acceptors (Lipinski definition) is 3. The minimum absolute atomic E-state index is 0.108. The molecule has 0 aliphatic rings. The molecule has 0 amide bonds. The fraction of sp³-hybridized carbons (Fsp3) is 0.235. The van der Waals surface area contributed by atoms with Gasteiger partial charge in [0.2, 0.25) is 0 Å². The molecule has 0 spiro atoms. The number of sulfonamides is 1. The van der Waals surface area contributed by atoms with Crippen molar-refractivity contribution in [3.05, 3.63) is 59.2 Å². The summed E-state index contributed by atoms with van der Waals surface area (Å²) in [6.45, 7) is 3.49. The summed E-state index contributed by atoms with van der Waals surface area (Å²) < 4.78 is 65.3. The van der Waals surface area contributed by atoms with Gasteiger partial charge in [0, 0.05) is 0 Å². The molecule has 0 saturated carbocycles. The van der Waals surface area contributed by atoms with Gasteiger partial charge in [0.05, 0.1) is 16.1 Å². The van der Waals surface area contributed by atoms with E-state index in [0.717, 1.165) is 11.6 Å². The molecule has 2 aromatic carbocycles. The maximum Gasteiger partial charge on any atom is 0.454 e. The fourth-order valence-electron chi connectivity index (χ4n) is 2.16. The lowest BCUT2D eigenvalue weighted by Crippen LogP contribution is -2.25. The average molecular weight is 371 g/mol. The van der Waals surface area contributed by atoms with Crippen molar-refractivity contribution in [1.29, 1.82) is 0 Å². The first-order valence-electron chi connectivity index (χ1n) is 7.38. The van der Waals surface area contributed by atoms with Crippen LogP contribution in [0.3, 0.4) is 0 Å². The largest absolute Gasteiger partial charge is 0.454 e. The highest BCUT2D eigenvalue weighted by molar-refractivity contribution is 7.92. The first kappa shape index (κ1) is 19.0. The van der Waals surface area contributed by atoms with E-state index in [4.69, 9.17) is 0 Å². The predicted molar refractivity (Wildman–Crippen MR) is 88.2 cm³/mol. The molecule has 4 nitrogen and oxygen atoms in total. The van der Waals surface area contributed by atoms with Gasteiger partial charge in [-0.25, -0.2) is 8.42 Å². The van der Waals surface area contributed by atoms with Crippen molar-refractivity contribution in [2.24, 2.45) is 0 Å². The summed E-state index contributed by atoms with van der Waals surface area (Å²) in [6, 6.07) is 9.51. The molecule has 1 N–H and O–H groups in total. The zero-order valence-electron chi connectivity index (χ0n) is 13.5. The third-order valence-electron chi connectivity index (χ3n) is 3.57. The first-order chi connectivity index (χ1) is 11.5. The van der Waals surface area contributed by atoms with Crippen molar-refractivity contribution in [3.8, 4) is 0 Å². The Bertz CT molecular complexity index is 888. The maximum absolute atomic E-state index is 12.8. The van der Waals surface area contributed by atoms with E-state index in [0.29, 0.717) is 12.0 Å². The van der Waals surface area contributed by atoms with Crippen LogP contribution in [0.2, 0.25) is 0 Å². The van der Waals surface area contributed by atoms with Gasteiger partial charge in [-0.2, -0.15) is 13.2 Å². The average Bonchev–Trinajstić information content (AvgIpc) is 2.54. The minimum Gasteiger partial charge on any atom is -0.284 e. The second-order valence-corrected chi connectivity index (χ2v) is 7.16. The van der Waals surface area contributed by atoms with Crippen LogP contribution >= 0.6 is 0 Å². The summed E-state index contributed by atoms with van der Waals surface area (Å²) in [5.74, 6) is -2.09. The Morgan fingerprint density at radius 1 is 1.08 bits per heavy atom. The number of hydrogen-bond donors (Lipinski definition) is 1. The van der Waals surface area contributed by atoms with Gasteiger partial charge in [-0.15, -0.1) is 0 Å². The van der Waals surface area contributed by atoms with E-state index in [9.17, 15) is 26.4 Å². The highest BCUT2D eigenvalue weighted by Crippen LogP contribution is 2.29. The normalized spacial score (nSPS) is 12.0. The number of nitrogens with one attached hydrogen (secondary N) is 1. The van der Waals surface area contributed by atoms with Gasteiger partial charge in [0.1, 0.15) is 0 Å². The molecule has 25 heavy (non-hydrogen) atoms. The fourth-order valence-corrected chi connectivity index (χ4v) is 3.24. The van der Waals surface area contributed by atoms with Crippen molar-refractivity contribution < 1.29 is 26.4 Å². The number of carbonyl (C=O) groups is 1. The van der Waals surface area contributed by atoms with Crippen molar-refractivity contribution in [3.63, 3.8) is 0 Å². The van der Waals surface area contributed by atoms with Crippen LogP contribution in [0.4, 0.5) is 18.9 Å². The third-order valence-corrected chi connectivity index (χ3v) is 4.95. The number of Topliss-reactive ketones (excluding diaryl/α,β-unsaturated/α-hetero) is 1. The van der Waals surface area contributed by atoms with Gasteiger partial charge in [0.15, 0.2) is 0 Å². The number of aryl methyl sites for hydroxylation is 2. The number of carbonyl (C=O) groups excluding carboxylic acids is 1. The first-order valence-corrected chi connectivity index (χ1v) is 8.87. The van der Waals surface area contributed by atoms with Crippen LogP contribution in [0, 0.1) is 6.92 Å². The molecule has 0 heterocycles. The number of anilines is 1. The lowest BCUT2D eigenvalue weighted by Gasteiger charge is -2.14. The minimum atomic E-state index is -5.10. The molecular weight excluding hydrogens is 355 g/mol. The summed E-state index contributed by atoms with van der Waals surface area (Å²) in [5, 5.41) is 0. The predicted octanol–water partition coefficient (Wildman–Crippen LogP) is 4.10. The Kier molecular flexibility index (Phi) is 5.22. The zero-order chi connectivity index (χ0) is 18.8. The van der Waals surface area contributed by atoms with Crippen LogP contribution < -0.4 is 4.72 Å². The standard InChI is InChI=1S/C17H16F3NO3S/c1-3-12-6-9-15(14(10-12)16(22)17(18,19)20)21-25(23,24)13-7-4-11(2)5-8-13/h4-10,21H,3H2,1-2H3. The second kappa shape index (κ2) is 6.87. The Balaban J connectivity index is 2.48. The van der Waals surface area contributed by atoms with Crippen LogP contribution in [-0.4, -0.2) is 20.4 Å². The van der Waals surface area contributed by atoms with Gasteiger partial charge < -0.3 is 0 Å². The van der Waals surface area contributed by atoms with E-state index >= 15 is 0 Å². The van der Waals surface area contributed by atoms with Gasteiger partial charge in [-0.3, -0.25) is 9.52 Å². The number of halogens is 3. The number of benzene rings is 2. The molecule has 8 heteroatoms. The molecule has 0 aliphatic carbocycles. The Hall–Kier alpha value is -2.35. The molecule has 0 unspecified atom stereocenters. The van der Waals surface area contributed by atoms with Crippen molar-refractivity contribution >= 4 is 21.5 Å². The van der Waals surface area contributed by atoms with E-state index in [1.807, 2.05) is 0 Å². The van der Waals surface area contributed by atoms with Crippen molar-refractivity contribution in [1.82, 2.24) is 0 Å². The van der Waals surface area contributed by atoms with Crippen LogP contribution in [0.1, 0.15) is 28.4 Å². The summed E-state index contributed by atoms with van der Waals surface area (Å²) in [6.07, 6.45) is -4.69. The van der Waals surface area contributed by atoms with E-state index in [2.05, 4.69) is 4.72 Å². The number of alkyl halides is 3. The monoisotopic (exact) mass is 371 g/mol. The zero-order valence-corrected chi connectivity index (χ0v) is 14.3. The molecule has 2 rings (SSSR count). The highest BCUT2D eigenvalue weighted by Gasteiger charge is 2.41. The topological polar surface area (TPSA) is 63.2 Å². The molecule has 0 radical (unpaired) electrons. The van der Waals surface area contributed by atoms with Gasteiger partial charge in [0.25, 0.3) is 15.8 Å². The van der Waals surface area contributed by atoms with Crippen LogP contribution in [0.15, 0.2) is 47.4 Å². The van der Waals surface area contributed by atoms with Crippen molar-refractivity contribution in [2.75, 3.05) is 4.72 Å². The Morgan fingerprint density at radius 3 is 2.20 bits per heavy atom. The third kappa shape index (κ3) is 4.39. The van der Waals surface area contributed by atoms with E-state index in [-0.39, 0.29) is 4.90 Å². The second-order valence-electron chi connectivity index (χ2n) is 5.48. The molecule has 0 saturated heterocycles. The summed E-state index contributed by atoms with van der Waals surface area (Å²) >= 11 is 0. The molecule has 0 fully saturated rings. The lowest BCUT2D eigenvalue weighted by molar-refractivity contribution is -0.0884. The molecule has 0 aliphatic heterocycles. The van der Waals surface area contributed by atoms with Crippen LogP contribution in [0.25, 0.3) is 0 Å². The van der Waals surface area contributed by atoms with Crippen molar-refractivity contribution in [2.45, 2.75) is 31.3 Å². The number of ketones is 1. The SMILES string of the molecule is CCc1ccc(NS(=O)(=O)c2ccc(C)cc2)c(C(=O)C(F)(F)F)c1. The van der Waals surface area contributed by atoms with E-state index < -0.39 is 33.2 Å².